The number of hydrogen-bond acceptors (Lipinski definition) is 7. The average Bonchev–Trinajstić information content (AvgIpc) is 2.58. The lowest BCUT2D eigenvalue weighted by Gasteiger charge is -2.14. The average molecular weight is 359 g/mol. The SMILES string of the molecule is NC(=O)[C@@H](Cc1ccc(O)c(O)c1)OC(=O)/C=C/c1ccc(O)c(O)c1. The number of amides is 1. The third-order valence-electron chi connectivity index (χ3n) is 3.45. The fourth-order valence-electron chi connectivity index (χ4n) is 2.10. The Morgan fingerprint density at radius 2 is 1.58 bits per heavy atom. The molecule has 136 valence electrons. The van der Waals surface area contributed by atoms with Gasteiger partial charge in [-0.05, 0) is 41.5 Å². The van der Waals surface area contributed by atoms with Crippen molar-refractivity contribution < 1.29 is 34.8 Å². The minimum absolute atomic E-state index is 0.0806. The number of hydrogen-bond donors (Lipinski definition) is 5. The van der Waals surface area contributed by atoms with Gasteiger partial charge in [0.2, 0.25) is 0 Å². The molecule has 0 heterocycles. The van der Waals surface area contributed by atoms with Crippen molar-refractivity contribution >= 4 is 18.0 Å². The van der Waals surface area contributed by atoms with Gasteiger partial charge in [-0.2, -0.15) is 0 Å². The molecule has 0 spiro atoms. The van der Waals surface area contributed by atoms with Crippen LogP contribution in [0.3, 0.4) is 0 Å². The molecule has 0 saturated carbocycles. The minimum atomic E-state index is -1.27. The van der Waals surface area contributed by atoms with Crippen LogP contribution in [0.2, 0.25) is 0 Å². The number of benzene rings is 2. The Labute approximate surface area is 148 Å². The lowest BCUT2D eigenvalue weighted by atomic mass is 10.1. The van der Waals surface area contributed by atoms with Crippen LogP contribution in [0, 0.1) is 0 Å². The van der Waals surface area contributed by atoms with Gasteiger partial charge in [0, 0.05) is 12.5 Å². The summed E-state index contributed by atoms with van der Waals surface area (Å²) in [4.78, 5) is 23.4. The van der Waals surface area contributed by atoms with Crippen LogP contribution in [0.1, 0.15) is 11.1 Å². The fraction of sp³-hybridized carbons (Fsp3) is 0.111. The molecule has 6 N–H and O–H groups in total. The Morgan fingerprint density at radius 3 is 2.15 bits per heavy atom. The number of nitrogens with two attached hydrogens (primary N) is 1. The maximum atomic E-state index is 11.9. The smallest absolute Gasteiger partial charge is 0.331 e. The van der Waals surface area contributed by atoms with Gasteiger partial charge in [-0.3, -0.25) is 4.79 Å². The molecule has 2 aromatic rings. The van der Waals surface area contributed by atoms with E-state index in [-0.39, 0.29) is 29.4 Å². The van der Waals surface area contributed by atoms with Crippen LogP contribution in [-0.2, 0) is 20.7 Å². The van der Waals surface area contributed by atoms with Crippen molar-refractivity contribution in [3.05, 3.63) is 53.6 Å². The van der Waals surface area contributed by atoms with E-state index in [1.165, 1.54) is 42.5 Å². The summed E-state index contributed by atoms with van der Waals surface area (Å²) in [6, 6.07) is 7.88. The normalized spacial score (nSPS) is 12.0. The number of aromatic hydroxyl groups is 4. The Morgan fingerprint density at radius 1 is 0.962 bits per heavy atom. The summed E-state index contributed by atoms with van der Waals surface area (Å²) < 4.78 is 5.01. The highest BCUT2D eigenvalue weighted by atomic mass is 16.5. The summed E-state index contributed by atoms with van der Waals surface area (Å²) in [5.74, 6) is -3.05. The van der Waals surface area contributed by atoms with Gasteiger partial charge in [0.1, 0.15) is 0 Å². The maximum Gasteiger partial charge on any atom is 0.331 e. The molecule has 0 bridgehead atoms. The quantitative estimate of drug-likeness (QED) is 0.295. The van der Waals surface area contributed by atoms with Crippen LogP contribution in [0.5, 0.6) is 23.0 Å². The van der Waals surface area contributed by atoms with E-state index in [1.54, 1.807) is 0 Å². The molecule has 0 aliphatic rings. The highest BCUT2D eigenvalue weighted by Crippen LogP contribution is 2.26. The molecule has 1 atom stereocenters. The summed E-state index contributed by atoms with van der Waals surface area (Å²) in [5.41, 5.74) is 6.09. The van der Waals surface area contributed by atoms with Gasteiger partial charge in [-0.1, -0.05) is 12.1 Å². The van der Waals surface area contributed by atoms with E-state index in [1.807, 2.05) is 0 Å². The maximum absolute atomic E-state index is 11.9. The second-order valence-corrected chi connectivity index (χ2v) is 5.44. The lowest BCUT2D eigenvalue weighted by Crippen LogP contribution is -2.34. The Bertz CT molecular complexity index is 861. The van der Waals surface area contributed by atoms with Crippen molar-refractivity contribution in [3.63, 3.8) is 0 Å². The number of carbonyl (C=O) groups excluding carboxylic acids is 2. The molecule has 8 heteroatoms. The molecule has 0 aliphatic carbocycles. The molecule has 2 aromatic carbocycles. The van der Waals surface area contributed by atoms with Crippen LogP contribution >= 0.6 is 0 Å². The number of ether oxygens (including phenoxy) is 1. The zero-order valence-corrected chi connectivity index (χ0v) is 13.5. The fourth-order valence-corrected chi connectivity index (χ4v) is 2.10. The van der Waals surface area contributed by atoms with Gasteiger partial charge in [-0.25, -0.2) is 4.79 Å². The Hall–Kier alpha value is -3.68. The van der Waals surface area contributed by atoms with Crippen LogP contribution in [0.25, 0.3) is 6.08 Å². The predicted molar refractivity (Wildman–Crippen MR) is 91.4 cm³/mol. The second-order valence-electron chi connectivity index (χ2n) is 5.44. The molecule has 0 aliphatic heterocycles. The molecule has 0 aromatic heterocycles. The first kappa shape index (κ1) is 18.7. The molecular formula is C18H17NO7. The van der Waals surface area contributed by atoms with Crippen molar-refractivity contribution in [2.24, 2.45) is 5.73 Å². The van der Waals surface area contributed by atoms with Crippen LogP contribution in [-0.4, -0.2) is 38.4 Å². The van der Waals surface area contributed by atoms with Gasteiger partial charge in [-0.15, -0.1) is 0 Å². The third kappa shape index (κ3) is 4.91. The standard InChI is InChI=1S/C18H17NO7/c19-18(25)16(9-11-2-5-13(21)15(23)8-11)26-17(24)6-3-10-1-4-12(20)14(22)7-10/h1-8,16,20-23H,9H2,(H2,19,25)/b6-3+/t16-/m1/s1. The van der Waals surface area contributed by atoms with Crippen LogP contribution in [0.15, 0.2) is 42.5 Å². The summed E-state index contributed by atoms with van der Waals surface area (Å²) in [7, 11) is 0. The van der Waals surface area contributed by atoms with Gasteiger partial charge >= 0.3 is 5.97 Å². The molecule has 0 saturated heterocycles. The summed E-state index contributed by atoms with van der Waals surface area (Å²) >= 11 is 0. The van der Waals surface area contributed by atoms with Gasteiger partial charge in [0.15, 0.2) is 29.1 Å². The number of esters is 1. The summed E-state index contributed by atoms with van der Waals surface area (Å²) in [6.07, 6.45) is 1.01. The Balaban J connectivity index is 2.05. The monoisotopic (exact) mass is 359 g/mol. The van der Waals surface area contributed by atoms with E-state index < -0.39 is 18.0 Å². The van der Waals surface area contributed by atoms with Crippen molar-refractivity contribution in [1.29, 1.82) is 0 Å². The predicted octanol–water partition coefficient (Wildman–Crippen LogP) is 1.16. The molecule has 0 unspecified atom stereocenters. The van der Waals surface area contributed by atoms with Crippen molar-refractivity contribution in [3.8, 4) is 23.0 Å². The van der Waals surface area contributed by atoms with Crippen LogP contribution in [0.4, 0.5) is 0 Å². The molecule has 0 radical (unpaired) electrons. The third-order valence-corrected chi connectivity index (χ3v) is 3.45. The van der Waals surface area contributed by atoms with E-state index in [2.05, 4.69) is 0 Å². The molecule has 8 nitrogen and oxygen atoms in total. The molecule has 26 heavy (non-hydrogen) atoms. The zero-order chi connectivity index (χ0) is 19.3. The molecular weight excluding hydrogens is 342 g/mol. The first-order valence-corrected chi connectivity index (χ1v) is 7.47. The van der Waals surface area contributed by atoms with Crippen molar-refractivity contribution in [2.45, 2.75) is 12.5 Å². The topological polar surface area (TPSA) is 150 Å². The highest BCUT2D eigenvalue weighted by Gasteiger charge is 2.20. The van der Waals surface area contributed by atoms with E-state index in [4.69, 9.17) is 10.5 Å². The number of phenolic OH excluding ortho intramolecular Hbond substituents is 4. The van der Waals surface area contributed by atoms with E-state index >= 15 is 0 Å². The van der Waals surface area contributed by atoms with Crippen molar-refractivity contribution in [1.82, 2.24) is 0 Å². The molecule has 2 rings (SSSR count). The van der Waals surface area contributed by atoms with E-state index in [0.717, 1.165) is 6.08 Å². The van der Waals surface area contributed by atoms with Gasteiger partial charge < -0.3 is 30.9 Å². The number of phenols is 4. The lowest BCUT2D eigenvalue weighted by molar-refractivity contribution is -0.149. The zero-order valence-electron chi connectivity index (χ0n) is 13.5. The largest absolute Gasteiger partial charge is 0.504 e. The number of primary amides is 1. The van der Waals surface area contributed by atoms with Gasteiger partial charge in [0.25, 0.3) is 5.91 Å². The van der Waals surface area contributed by atoms with Crippen LogP contribution < -0.4 is 5.73 Å². The second kappa shape index (κ2) is 7.93. The first-order chi connectivity index (χ1) is 12.3. The van der Waals surface area contributed by atoms with E-state index in [9.17, 15) is 30.0 Å². The summed E-state index contributed by atoms with van der Waals surface area (Å²) in [6.45, 7) is 0. The van der Waals surface area contributed by atoms with E-state index in [0.29, 0.717) is 11.1 Å². The molecule has 0 fully saturated rings. The first-order valence-electron chi connectivity index (χ1n) is 7.47. The summed E-state index contributed by atoms with van der Waals surface area (Å²) in [5, 5.41) is 37.4. The highest BCUT2D eigenvalue weighted by molar-refractivity contribution is 5.90. The number of rotatable bonds is 6. The number of carbonyl (C=O) groups is 2. The van der Waals surface area contributed by atoms with Crippen molar-refractivity contribution in [2.75, 3.05) is 0 Å². The Kier molecular flexibility index (Phi) is 5.69. The molecule has 1 amide bonds. The van der Waals surface area contributed by atoms with Gasteiger partial charge in [0.05, 0.1) is 0 Å². The minimum Gasteiger partial charge on any atom is -0.504 e.